The predicted octanol–water partition coefficient (Wildman–Crippen LogP) is 1.31. The number of aldehydes is 1. The topological polar surface area (TPSA) is 63.0 Å². The van der Waals surface area contributed by atoms with Gasteiger partial charge in [0.25, 0.3) is 0 Å². The molecule has 4 nitrogen and oxygen atoms in total. The quantitative estimate of drug-likeness (QED) is 0.671. The minimum atomic E-state index is 0.199. The van der Waals surface area contributed by atoms with Gasteiger partial charge in [0.1, 0.15) is 17.5 Å². The number of hydrogen-bond donors (Lipinski definition) is 0. The van der Waals surface area contributed by atoms with Crippen molar-refractivity contribution >= 4 is 6.29 Å². The standard InChI is InChI=1S/C10H8N2O2/c11-4-7-3-10(14-8-1-2-8)9(6-13)12-5-7/h3,5-6,8H,1-2H2. The zero-order chi connectivity index (χ0) is 9.97. The van der Waals surface area contributed by atoms with Crippen LogP contribution in [0.3, 0.4) is 0 Å². The summed E-state index contributed by atoms with van der Waals surface area (Å²) < 4.78 is 5.44. The number of pyridine rings is 1. The molecule has 0 aliphatic heterocycles. The van der Waals surface area contributed by atoms with Gasteiger partial charge < -0.3 is 4.74 Å². The van der Waals surface area contributed by atoms with Gasteiger partial charge in [0.05, 0.1) is 11.7 Å². The zero-order valence-electron chi connectivity index (χ0n) is 7.43. The van der Waals surface area contributed by atoms with Gasteiger partial charge in [-0.1, -0.05) is 0 Å². The molecule has 14 heavy (non-hydrogen) atoms. The SMILES string of the molecule is N#Cc1cnc(C=O)c(OC2CC2)c1. The van der Waals surface area contributed by atoms with Crippen molar-refractivity contribution in [1.29, 1.82) is 5.26 Å². The van der Waals surface area contributed by atoms with E-state index in [4.69, 9.17) is 10.00 Å². The van der Waals surface area contributed by atoms with E-state index in [1.807, 2.05) is 6.07 Å². The third-order valence-corrected chi connectivity index (χ3v) is 1.94. The maximum absolute atomic E-state index is 10.6. The first-order valence-corrected chi connectivity index (χ1v) is 4.35. The summed E-state index contributed by atoms with van der Waals surface area (Å²) in [6, 6.07) is 3.50. The highest BCUT2D eigenvalue weighted by molar-refractivity contribution is 5.76. The number of ether oxygens (including phenoxy) is 1. The highest BCUT2D eigenvalue weighted by atomic mass is 16.5. The summed E-state index contributed by atoms with van der Waals surface area (Å²) in [6.45, 7) is 0. The average Bonchev–Trinajstić information content (AvgIpc) is 3.01. The molecule has 0 saturated heterocycles. The van der Waals surface area contributed by atoms with Gasteiger partial charge in [-0.3, -0.25) is 4.79 Å². The Kier molecular flexibility index (Phi) is 2.15. The van der Waals surface area contributed by atoms with Crippen molar-refractivity contribution in [3.63, 3.8) is 0 Å². The van der Waals surface area contributed by atoms with Gasteiger partial charge in [0.15, 0.2) is 6.29 Å². The second-order valence-electron chi connectivity index (χ2n) is 3.15. The lowest BCUT2D eigenvalue weighted by atomic mass is 10.2. The first kappa shape index (κ1) is 8.70. The van der Waals surface area contributed by atoms with E-state index < -0.39 is 0 Å². The van der Waals surface area contributed by atoms with Crippen LogP contribution in [-0.4, -0.2) is 17.4 Å². The molecule has 1 aromatic rings. The summed E-state index contributed by atoms with van der Waals surface area (Å²) in [5.41, 5.74) is 0.669. The Bertz CT molecular complexity index is 405. The second-order valence-corrected chi connectivity index (χ2v) is 3.15. The molecule has 1 heterocycles. The van der Waals surface area contributed by atoms with E-state index in [1.54, 1.807) is 6.07 Å². The Labute approximate surface area is 81.1 Å². The molecular formula is C10H8N2O2. The Morgan fingerprint density at radius 1 is 1.64 bits per heavy atom. The molecule has 0 spiro atoms. The van der Waals surface area contributed by atoms with E-state index in [9.17, 15) is 4.79 Å². The summed E-state index contributed by atoms with van der Waals surface area (Å²) in [4.78, 5) is 14.4. The van der Waals surface area contributed by atoms with Crippen molar-refractivity contribution in [2.24, 2.45) is 0 Å². The maximum atomic E-state index is 10.6. The Morgan fingerprint density at radius 2 is 2.43 bits per heavy atom. The molecule has 1 aliphatic rings. The van der Waals surface area contributed by atoms with Crippen LogP contribution in [0.15, 0.2) is 12.3 Å². The van der Waals surface area contributed by atoms with Crippen molar-refractivity contribution in [3.8, 4) is 11.8 Å². The number of nitrogens with zero attached hydrogens (tertiary/aromatic N) is 2. The molecule has 1 fully saturated rings. The molecule has 0 aromatic carbocycles. The van der Waals surface area contributed by atoms with Crippen LogP contribution in [-0.2, 0) is 0 Å². The molecular weight excluding hydrogens is 180 g/mol. The van der Waals surface area contributed by atoms with E-state index >= 15 is 0 Å². The fourth-order valence-electron chi connectivity index (χ4n) is 1.06. The molecule has 0 amide bonds. The molecule has 0 unspecified atom stereocenters. The number of carbonyl (C=O) groups excluding carboxylic acids is 1. The summed E-state index contributed by atoms with van der Waals surface area (Å²) in [7, 11) is 0. The maximum Gasteiger partial charge on any atom is 0.172 e. The third-order valence-electron chi connectivity index (χ3n) is 1.94. The lowest BCUT2D eigenvalue weighted by Crippen LogP contribution is -2.01. The van der Waals surface area contributed by atoms with Crippen LogP contribution < -0.4 is 4.74 Å². The van der Waals surface area contributed by atoms with Crippen LogP contribution in [0.1, 0.15) is 28.9 Å². The summed E-state index contributed by atoms with van der Waals surface area (Å²) in [6.07, 6.45) is 4.22. The highest BCUT2D eigenvalue weighted by Gasteiger charge is 2.24. The van der Waals surface area contributed by atoms with Crippen molar-refractivity contribution in [2.75, 3.05) is 0 Å². The molecule has 0 N–H and O–H groups in total. The van der Waals surface area contributed by atoms with Crippen molar-refractivity contribution in [3.05, 3.63) is 23.5 Å². The second kappa shape index (κ2) is 3.46. The Hall–Kier alpha value is -1.89. The molecule has 1 saturated carbocycles. The van der Waals surface area contributed by atoms with Gasteiger partial charge in [-0.25, -0.2) is 4.98 Å². The van der Waals surface area contributed by atoms with Crippen molar-refractivity contribution in [1.82, 2.24) is 4.98 Å². The first-order valence-electron chi connectivity index (χ1n) is 4.35. The molecule has 4 heteroatoms. The van der Waals surface area contributed by atoms with Gasteiger partial charge in [-0.2, -0.15) is 5.26 Å². The van der Waals surface area contributed by atoms with Gasteiger partial charge in [0.2, 0.25) is 0 Å². The van der Waals surface area contributed by atoms with Crippen molar-refractivity contribution in [2.45, 2.75) is 18.9 Å². The zero-order valence-corrected chi connectivity index (χ0v) is 7.43. The summed E-state index contributed by atoms with van der Waals surface area (Å²) in [5.74, 6) is 0.418. The Morgan fingerprint density at radius 3 is 3.00 bits per heavy atom. The largest absolute Gasteiger partial charge is 0.488 e. The van der Waals surface area contributed by atoms with Crippen LogP contribution in [0.4, 0.5) is 0 Å². The predicted molar refractivity (Wildman–Crippen MR) is 48.0 cm³/mol. The minimum Gasteiger partial charge on any atom is -0.488 e. The van der Waals surface area contributed by atoms with E-state index in [1.165, 1.54) is 6.20 Å². The van der Waals surface area contributed by atoms with Crippen LogP contribution in [0.2, 0.25) is 0 Å². The number of hydrogen-bond acceptors (Lipinski definition) is 4. The smallest absolute Gasteiger partial charge is 0.172 e. The van der Waals surface area contributed by atoms with Gasteiger partial charge in [-0.05, 0) is 12.8 Å². The van der Waals surface area contributed by atoms with Gasteiger partial charge in [-0.15, -0.1) is 0 Å². The van der Waals surface area contributed by atoms with Gasteiger partial charge >= 0.3 is 0 Å². The fraction of sp³-hybridized carbons (Fsp3) is 0.300. The van der Waals surface area contributed by atoms with E-state index in [0.29, 0.717) is 17.6 Å². The Balaban J connectivity index is 2.31. The molecule has 0 radical (unpaired) electrons. The number of nitriles is 1. The first-order chi connectivity index (χ1) is 6.83. The van der Waals surface area contributed by atoms with E-state index in [0.717, 1.165) is 12.8 Å². The minimum absolute atomic E-state index is 0.199. The molecule has 2 rings (SSSR count). The number of aromatic nitrogens is 1. The normalized spacial score (nSPS) is 14.5. The number of carbonyl (C=O) groups is 1. The lowest BCUT2D eigenvalue weighted by Gasteiger charge is -2.05. The van der Waals surface area contributed by atoms with Crippen LogP contribution in [0.25, 0.3) is 0 Å². The third kappa shape index (κ3) is 1.72. The van der Waals surface area contributed by atoms with E-state index in [2.05, 4.69) is 4.98 Å². The number of rotatable bonds is 3. The average molecular weight is 188 g/mol. The van der Waals surface area contributed by atoms with Crippen LogP contribution in [0, 0.1) is 11.3 Å². The molecule has 1 aromatic heterocycles. The summed E-state index contributed by atoms with van der Waals surface area (Å²) >= 11 is 0. The summed E-state index contributed by atoms with van der Waals surface area (Å²) in [5, 5.41) is 8.64. The van der Waals surface area contributed by atoms with Gasteiger partial charge in [0, 0.05) is 12.3 Å². The fourth-order valence-corrected chi connectivity index (χ4v) is 1.06. The van der Waals surface area contributed by atoms with Crippen molar-refractivity contribution < 1.29 is 9.53 Å². The molecule has 0 atom stereocenters. The van der Waals surface area contributed by atoms with Crippen LogP contribution in [0.5, 0.6) is 5.75 Å². The molecule has 1 aliphatic carbocycles. The van der Waals surface area contributed by atoms with E-state index in [-0.39, 0.29) is 11.8 Å². The lowest BCUT2D eigenvalue weighted by molar-refractivity contribution is 0.111. The monoisotopic (exact) mass is 188 g/mol. The molecule has 70 valence electrons. The molecule has 0 bridgehead atoms. The highest BCUT2D eigenvalue weighted by Crippen LogP contribution is 2.28. The van der Waals surface area contributed by atoms with Crippen LogP contribution >= 0.6 is 0 Å².